The van der Waals surface area contributed by atoms with E-state index in [0.717, 1.165) is 0 Å². The number of aromatic nitrogens is 2. The van der Waals surface area contributed by atoms with E-state index in [2.05, 4.69) is 9.97 Å². The van der Waals surface area contributed by atoms with Gasteiger partial charge in [0.25, 0.3) is 0 Å². The van der Waals surface area contributed by atoms with E-state index in [4.69, 9.17) is 23.1 Å². The van der Waals surface area contributed by atoms with Gasteiger partial charge in [0.05, 0.1) is 10.5 Å². The summed E-state index contributed by atoms with van der Waals surface area (Å²) in [5.74, 6) is -0.359. The zero-order valence-corrected chi connectivity index (χ0v) is 7.72. The number of nitrogen functional groups attached to an aromatic ring is 2. The van der Waals surface area contributed by atoms with E-state index < -0.39 is 5.82 Å². The summed E-state index contributed by atoms with van der Waals surface area (Å²) < 4.78 is 13.0. The average Bonchev–Trinajstić information content (AvgIpc) is 2.08. The predicted molar refractivity (Wildman–Crippen MR) is 53.3 cm³/mol. The number of anilines is 2. The van der Waals surface area contributed by atoms with Crippen molar-refractivity contribution in [1.82, 2.24) is 9.97 Å². The Morgan fingerprint density at radius 3 is 2.64 bits per heavy atom. The molecule has 0 spiro atoms. The smallest absolute Gasteiger partial charge is 0.222 e. The fraction of sp³-hybridized carbons (Fsp3) is 0. The van der Waals surface area contributed by atoms with Gasteiger partial charge in [-0.25, -0.2) is 9.37 Å². The standard InChI is InChI=1S/C8H6ClFN4/c9-4-1-3-6(2-5(4)10)13-8(12)14-7(3)11/h1-2H,(H4,11,12,13,14). The lowest BCUT2D eigenvalue weighted by molar-refractivity contribution is 0.630. The third-order valence-electron chi connectivity index (χ3n) is 1.78. The van der Waals surface area contributed by atoms with Crippen molar-refractivity contribution in [1.29, 1.82) is 0 Å². The van der Waals surface area contributed by atoms with Gasteiger partial charge in [-0.05, 0) is 6.07 Å². The summed E-state index contributed by atoms with van der Waals surface area (Å²) >= 11 is 5.58. The number of hydrogen-bond donors (Lipinski definition) is 2. The number of halogens is 2. The molecular weight excluding hydrogens is 207 g/mol. The zero-order valence-electron chi connectivity index (χ0n) is 6.96. The van der Waals surface area contributed by atoms with Gasteiger partial charge in [-0.3, -0.25) is 0 Å². The van der Waals surface area contributed by atoms with Gasteiger partial charge in [0.1, 0.15) is 11.6 Å². The molecule has 0 atom stereocenters. The number of benzene rings is 1. The third kappa shape index (κ3) is 1.31. The number of hydrogen-bond acceptors (Lipinski definition) is 4. The van der Waals surface area contributed by atoms with Gasteiger partial charge in [0.15, 0.2) is 0 Å². The molecule has 2 aromatic rings. The second kappa shape index (κ2) is 2.95. The monoisotopic (exact) mass is 212 g/mol. The first kappa shape index (κ1) is 8.96. The van der Waals surface area contributed by atoms with Crippen LogP contribution < -0.4 is 11.5 Å². The molecule has 4 nitrogen and oxygen atoms in total. The first-order valence-corrected chi connectivity index (χ1v) is 4.13. The van der Waals surface area contributed by atoms with Crippen molar-refractivity contribution >= 4 is 34.3 Å². The van der Waals surface area contributed by atoms with E-state index in [1.165, 1.54) is 12.1 Å². The Morgan fingerprint density at radius 1 is 1.21 bits per heavy atom. The summed E-state index contributed by atoms with van der Waals surface area (Å²) in [7, 11) is 0. The number of fused-ring (bicyclic) bond motifs is 1. The lowest BCUT2D eigenvalue weighted by Gasteiger charge is -2.03. The molecule has 2 rings (SSSR count). The van der Waals surface area contributed by atoms with Crippen molar-refractivity contribution in [3.8, 4) is 0 Å². The lowest BCUT2D eigenvalue weighted by atomic mass is 10.2. The second-order valence-corrected chi connectivity index (χ2v) is 3.16. The fourth-order valence-corrected chi connectivity index (χ4v) is 1.33. The van der Waals surface area contributed by atoms with Crippen molar-refractivity contribution in [3.05, 3.63) is 23.0 Å². The Bertz CT molecular complexity index is 514. The molecule has 0 fully saturated rings. The first-order valence-electron chi connectivity index (χ1n) is 3.75. The van der Waals surface area contributed by atoms with Gasteiger partial charge in [-0.2, -0.15) is 4.98 Å². The van der Waals surface area contributed by atoms with Crippen LogP contribution in [0.5, 0.6) is 0 Å². The van der Waals surface area contributed by atoms with Crippen LogP contribution in [0.25, 0.3) is 10.9 Å². The Balaban J connectivity index is 2.89. The number of rotatable bonds is 0. The highest BCUT2D eigenvalue weighted by molar-refractivity contribution is 6.31. The second-order valence-electron chi connectivity index (χ2n) is 2.75. The van der Waals surface area contributed by atoms with Gasteiger partial charge in [-0.1, -0.05) is 11.6 Å². The molecule has 0 bridgehead atoms. The van der Waals surface area contributed by atoms with Crippen LogP contribution >= 0.6 is 11.6 Å². The minimum atomic E-state index is -0.559. The van der Waals surface area contributed by atoms with Crippen LogP contribution in [0.3, 0.4) is 0 Å². The molecule has 14 heavy (non-hydrogen) atoms. The van der Waals surface area contributed by atoms with Crippen LogP contribution in [0, 0.1) is 5.82 Å². The molecule has 1 aromatic carbocycles. The van der Waals surface area contributed by atoms with Gasteiger partial charge >= 0.3 is 0 Å². The van der Waals surface area contributed by atoms with E-state index in [1.807, 2.05) is 0 Å². The van der Waals surface area contributed by atoms with Crippen molar-refractivity contribution in [2.45, 2.75) is 0 Å². The normalized spacial score (nSPS) is 10.7. The van der Waals surface area contributed by atoms with Crippen molar-refractivity contribution in [3.63, 3.8) is 0 Å². The summed E-state index contributed by atoms with van der Waals surface area (Å²) in [5.41, 5.74) is 11.3. The number of nitrogens with two attached hydrogens (primary N) is 2. The Kier molecular flexibility index (Phi) is 1.89. The highest BCUT2D eigenvalue weighted by Crippen LogP contribution is 2.25. The molecule has 0 saturated heterocycles. The molecule has 0 aliphatic carbocycles. The third-order valence-corrected chi connectivity index (χ3v) is 2.07. The predicted octanol–water partition coefficient (Wildman–Crippen LogP) is 1.59. The summed E-state index contributed by atoms with van der Waals surface area (Å²) in [5, 5.41) is 0.475. The molecule has 6 heteroatoms. The molecule has 0 amide bonds. The molecule has 0 radical (unpaired) electrons. The summed E-state index contributed by atoms with van der Waals surface area (Å²) in [4.78, 5) is 7.56. The molecule has 72 valence electrons. The van der Waals surface area contributed by atoms with Crippen LogP contribution in [0.4, 0.5) is 16.2 Å². The molecule has 1 aromatic heterocycles. The Labute approximate surface area is 83.7 Å². The largest absolute Gasteiger partial charge is 0.383 e. The van der Waals surface area contributed by atoms with Crippen molar-refractivity contribution < 1.29 is 4.39 Å². The Hall–Kier alpha value is -1.62. The summed E-state index contributed by atoms with van der Waals surface area (Å²) in [6, 6.07) is 2.55. The number of nitrogens with zero attached hydrogens (tertiary/aromatic N) is 2. The highest BCUT2D eigenvalue weighted by atomic mass is 35.5. The molecule has 0 aliphatic rings. The quantitative estimate of drug-likeness (QED) is 0.695. The molecule has 0 saturated carbocycles. The zero-order chi connectivity index (χ0) is 10.3. The van der Waals surface area contributed by atoms with Crippen LogP contribution in [-0.4, -0.2) is 9.97 Å². The van der Waals surface area contributed by atoms with E-state index in [0.29, 0.717) is 10.9 Å². The SMILES string of the molecule is Nc1nc(N)c2cc(Cl)c(F)cc2n1. The van der Waals surface area contributed by atoms with Crippen LogP contribution in [0.1, 0.15) is 0 Å². The molecular formula is C8H6ClFN4. The fourth-order valence-electron chi connectivity index (χ4n) is 1.17. The van der Waals surface area contributed by atoms with E-state index in [-0.39, 0.29) is 16.8 Å². The van der Waals surface area contributed by atoms with Gasteiger partial charge in [-0.15, -0.1) is 0 Å². The molecule has 0 aliphatic heterocycles. The summed E-state index contributed by atoms with van der Waals surface area (Å²) in [6.07, 6.45) is 0. The van der Waals surface area contributed by atoms with Crippen LogP contribution in [0.2, 0.25) is 5.02 Å². The van der Waals surface area contributed by atoms with Crippen LogP contribution in [0.15, 0.2) is 12.1 Å². The first-order chi connectivity index (χ1) is 6.58. The van der Waals surface area contributed by atoms with E-state index in [9.17, 15) is 4.39 Å². The minimum Gasteiger partial charge on any atom is -0.383 e. The van der Waals surface area contributed by atoms with Crippen molar-refractivity contribution in [2.24, 2.45) is 0 Å². The minimum absolute atomic E-state index is 0.0109. The van der Waals surface area contributed by atoms with E-state index >= 15 is 0 Å². The molecule has 1 heterocycles. The highest BCUT2D eigenvalue weighted by Gasteiger charge is 2.07. The van der Waals surface area contributed by atoms with Crippen molar-refractivity contribution in [2.75, 3.05) is 11.5 Å². The summed E-state index contributed by atoms with van der Waals surface area (Å²) in [6.45, 7) is 0. The average molecular weight is 213 g/mol. The lowest BCUT2D eigenvalue weighted by Crippen LogP contribution is -2.00. The topological polar surface area (TPSA) is 77.8 Å². The maximum absolute atomic E-state index is 13.0. The van der Waals surface area contributed by atoms with Gasteiger partial charge < -0.3 is 11.5 Å². The van der Waals surface area contributed by atoms with E-state index in [1.54, 1.807) is 0 Å². The van der Waals surface area contributed by atoms with Crippen LogP contribution in [-0.2, 0) is 0 Å². The van der Waals surface area contributed by atoms with Gasteiger partial charge in [0.2, 0.25) is 5.95 Å². The molecule has 4 N–H and O–H groups in total. The molecule has 0 unspecified atom stereocenters. The maximum atomic E-state index is 13.0. The Morgan fingerprint density at radius 2 is 1.93 bits per heavy atom. The maximum Gasteiger partial charge on any atom is 0.222 e. The van der Waals surface area contributed by atoms with Gasteiger partial charge in [0, 0.05) is 11.5 Å².